The Morgan fingerprint density at radius 3 is 2.50 bits per heavy atom. The van der Waals surface area contributed by atoms with Crippen molar-refractivity contribution in [3.05, 3.63) is 35.9 Å². The van der Waals surface area contributed by atoms with Crippen molar-refractivity contribution >= 4 is 0 Å². The minimum Gasteiger partial charge on any atom is -0.300 e. The number of nitrogens with zero attached hydrogens (tertiary/aromatic N) is 1. The molecule has 1 aliphatic rings. The highest BCUT2D eigenvalue weighted by Gasteiger charge is 2.24. The molecular weight excluding hydrogens is 246 g/mol. The molecule has 3 N–H and O–H groups in total. The van der Waals surface area contributed by atoms with E-state index in [9.17, 15) is 0 Å². The second-order valence-corrected chi connectivity index (χ2v) is 5.91. The van der Waals surface area contributed by atoms with Crippen molar-refractivity contribution in [3.63, 3.8) is 0 Å². The number of piperidine rings is 1. The van der Waals surface area contributed by atoms with Crippen LogP contribution in [0.2, 0.25) is 0 Å². The first-order valence-corrected chi connectivity index (χ1v) is 8.07. The molecule has 1 atom stereocenters. The number of likely N-dealkylation sites (tertiary alicyclic amines) is 1. The van der Waals surface area contributed by atoms with Gasteiger partial charge in [0, 0.05) is 12.6 Å². The monoisotopic (exact) mass is 275 g/mol. The van der Waals surface area contributed by atoms with Gasteiger partial charge in [-0.2, -0.15) is 0 Å². The maximum absolute atomic E-state index is 5.43. The molecule has 1 saturated heterocycles. The summed E-state index contributed by atoms with van der Waals surface area (Å²) in [6.45, 7) is 5.66. The smallest absolute Gasteiger partial charge is 0.0112 e. The molecule has 1 aliphatic heterocycles. The quantitative estimate of drug-likeness (QED) is 0.594. The fourth-order valence-electron chi connectivity index (χ4n) is 3.42. The zero-order chi connectivity index (χ0) is 14.2. The third-order valence-corrected chi connectivity index (χ3v) is 4.56. The molecule has 1 unspecified atom stereocenters. The third kappa shape index (κ3) is 4.30. The largest absolute Gasteiger partial charge is 0.300 e. The minimum atomic E-state index is 0.702. The summed E-state index contributed by atoms with van der Waals surface area (Å²) in [5.74, 6) is 6.18. The van der Waals surface area contributed by atoms with E-state index < -0.39 is 0 Å². The summed E-state index contributed by atoms with van der Waals surface area (Å²) in [6, 6.07) is 11.7. The van der Waals surface area contributed by atoms with Crippen molar-refractivity contribution in [1.29, 1.82) is 0 Å². The van der Waals surface area contributed by atoms with Gasteiger partial charge >= 0.3 is 0 Å². The number of nitrogens with one attached hydrogen (secondary N) is 1. The van der Waals surface area contributed by atoms with E-state index in [0.717, 1.165) is 12.5 Å². The lowest BCUT2D eigenvalue weighted by molar-refractivity contribution is 0.136. The maximum atomic E-state index is 5.43. The Hall–Kier alpha value is -0.900. The van der Waals surface area contributed by atoms with Crippen LogP contribution in [-0.4, -0.2) is 30.6 Å². The molecule has 0 aliphatic carbocycles. The number of benzene rings is 1. The van der Waals surface area contributed by atoms with E-state index in [1.54, 1.807) is 0 Å². The molecule has 3 nitrogen and oxygen atoms in total. The molecule has 1 fully saturated rings. The Kier molecular flexibility index (Phi) is 6.51. The Labute approximate surface area is 123 Å². The van der Waals surface area contributed by atoms with E-state index in [4.69, 9.17) is 5.84 Å². The van der Waals surface area contributed by atoms with Gasteiger partial charge in [0.2, 0.25) is 0 Å². The van der Waals surface area contributed by atoms with Crippen LogP contribution in [0.5, 0.6) is 0 Å². The summed E-state index contributed by atoms with van der Waals surface area (Å²) in [6.07, 6.45) is 6.30. The van der Waals surface area contributed by atoms with E-state index in [0.29, 0.717) is 6.04 Å². The molecule has 112 valence electrons. The Morgan fingerprint density at radius 2 is 1.90 bits per heavy atom. The zero-order valence-electron chi connectivity index (χ0n) is 12.7. The van der Waals surface area contributed by atoms with Crippen LogP contribution in [0.15, 0.2) is 30.3 Å². The predicted molar refractivity (Wildman–Crippen MR) is 85.5 cm³/mol. The number of hydrazine groups is 1. The summed E-state index contributed by atoms with van der Waals surface area (Å²) < 4.78 is 0. The van der Waals surface area contributed by atoms with Gasteiger partial charge in [-0.15, -0.1) is 0 Å². The van der Waals surface area contributed by atoms with E-state index >= 15 is 0 Å². The standard InChI is InChI=1S/C17H29N3/c1-2-6-17(9-12-19-18)20-13-10-16(11-14-20)15-7-4-3-5-8-15/h3-5,7-8,16-17,19H,2,6,9-14,18H2,1H3. The number of hydrogen-bond acceptors (Lipinski definition) is 3. The van der Waals surface area contributed by atoms with Gasteiger partial charge in [0.05, 0.1) is 0 Å². The molecule has 0 amide bonds. The predicted octanol–water partition coefficient (Wildman–Crippen LogP) is 2.89. The fraction of sp³-hybridized carbons (Fsp3) is 0.647. The first kappa shape index (κ1) is 15.5. The van der Waals surface area contributed by atoms with Crippen molar-refractivity contribution in [1.82, 2.24) is 10.3 Å². The summed E-state index contributed by atoms with van der Waals surface area (Å²) in [4.78, 5) is 2.68. The van der Waals surface area contributed by atoms with Gasteiger partial charge in [-0.3, -0.25) is 11.3 Å². The summed E-state index contributed by atoms with van der Waals surface area (Å²) >= 11 is 0. The Bertz CT molecular complexity index is 358. The molecule has 0 radical (unpaired) electrons. The average molecular weight is 275 g/mol. The minimum absolute atomic E-state index is 0.702. The average Bonchev–Trinajstić information content (AvgIpc) is 2.52. The normalized spacial score (nSPS) is 19.1. The highest BCUT2D eigenvalue weighted by molar-refractivity contribution is 5.20. The summed E-state index contributed by atoms with van der Waals surface area (Å²) in [5, 5.41) is 0. The molecule has 0 spiro atoms. The zero-order valence-corrected chi connectivity index (χ0v) is 12.7. The lowest BCUT2D eigenvalue weighted by Crippen LogP contribution is -2.42. The van der Waals surface area contributed by atoms with Gasteiger partial charge in [0.1, 0.15) is 0 Å². The summed E-state index contributed by atoms with van der Waals surface area (Å²) in [7, 11) is 0. The van der Waals surface area contributed by atoms with Crippen molar-refractivity contribution < 1.29 is 0 Å². The van der Waals surface area contributed by atoms with Crippen LogP contribution in [-0.2, 0) is 0 Å². The molecule has 0 aromatic heterocycles. The van der Waals surface area contributed by atoms with Gasteiger partial charge in [-0.05, 0) is 50.3 Å². The van der Waals surface area contributed by atoms with Gasteiger partial charge < -0.3 is 4.90 Å². The first-order chi connectivity index (χ1) is 9.85. The number of hydrogen-bond donors (Lipinski definition) is 2. The first-order valence-electron chi connectivity index (χ1n) is 8.07. The fourth-order valence-corrected chi connectivity index (χ4v) is 3.42. The van der Waals surface area contributed by atoms with E-state index in [1.165, 1.54) is 50.8 Å². The highest BCUT2D eigenvalue weighted by atomic mass is 15.2. The molecule has 1 aromatic rings. The van der Waals surface area contributed by atoms with E-state index in [2.05, 4.69) is 47.6 Å². The topological polar surface area (TPSA) is 41.3 Å². The lowest BCUT2D eigenvalue weighted by Gasteiger charge is -2.38. The van der Waals surface area contributed by atoms with E-state index in [-0.39, 0.29) is 0 Å². The molecular formula is C17H29N3. The van der Waals surface area contributed by atoms with Crippen molar-refractivity contribution in [2.75, 3.05) is 19.6 Å². The van der Waals surface area contributed by atoms with Crippen LogP contribution in [0.4, 0.5) is 0 Å². The van der Waals surface area contributed by atoms with Gasteiger partial charge in [0.25, 0.3) is 0 Å². The van der Waals surface area contributed by atoms with Crippen molar-refractivity contribution in [2.24, 2.45) is 5.84 Å². The van der Waals surface area contributed by atoms with Crippen LogP contribution in [0.1, 0.15) is 50.5 Å². The second kappa shape index (κ2) is 8.40. The van der Waals surface area contributed by atoms with Crippen LogP contribution in [0, 0.1) is 0 Å². The molecule has 0 bridgehead atoms. The second-order valence-electron chi connectivity index (χ2n) is 5.91. The molecule has 2 rings (SSSR count). The molecule has 1 heterocycles. The summed E-state index contributed by atoms with van der Waals surface area (Å²) in [5.41, 5.74) is 4.32. The van der Waals surface area contributed by atoms with Crippen molar-refractivity contribution in [2.45, 2.75) is 51.0 Å². The Morgan fingerprint density at radius 1 is 1.20 bits per heavy atom. The third-order valence-electron chi connectivity index (χ3n) is 4.56. The van der Waals surface area contributed by atoms with Gasteiger partial charge in [-0.1, -0.05) is 43.7 Å². The number of nitrogens with two attached hydrogens (primary N) is 1. The van der Waals surface area contributed by atoms with Gasteiger partial charge in [0.15, 0.2) is 0 Å². The van der Waals surface area contributed by atoms with Crippen LogP contribution in [0.25, 0.3) is 0 Å². The Balaban J connectivity index is 1.85. The van der Waals surface area contributed by atoms with Crippen LogP contribution < -0.4 is 11.3 Å². The van der Waals surface area contributed by atoms with Crippen molar-refractivity contribution in [3.8, 4) is 0 Å². The number of rotatable bonds is 7. The molecule has 0 saturated carbocycles. The molecule has 20 heavy (non-hydrogen) atoms. The maximum Gasteiger partial charge on any atom is 0.0112 e. The highest BCUT2D eigenvalue weighted by Crippen LogP contribution is 2.29. The lowest BCUT2D eigenvalue weighted by atomic mass is 9.88. The van der Waals surface area contributed by atoms with Gasteiger partial charge in [-0.25, -0.2) is 0 Å². The SMILES string of the molecule is CCCC(CCNN)N1CCC(c2ccccc2)CC1. The van der Waals surface area contributed by atoms with E-state index in [1.807, 2.05) is 0 Å². The molecule has 3 heteroatoms. The molecule has 1 aromatic carbocycles. The van der Waals surface area contributed by atoms with Crippen LogP contribution >= 0.6 is 0 Å². The van der Waals surface area contributed by atoms with Crippen LogP contribution in [0.3, 0.4) is 0 Å².